The molecule has 2 aliphatic rings. The van der Waals surface area contributed by atoms with Crippen LogP contribution in [0.4, 0.5) is 4.39 Å². The Labute approximate surface area is 113 Å². The quantitative estimate of drug-likeness (QED) is 0.835. The Morgan fingerprint density at radius 1 is 1.33 bits per heavy atom. The molecule has 3 unspecified atom stereocenters. The van der Waals surface area contributed by atoms with Crippen LogP contribution < -0.4 is 5.32 Å². The van der Waals surface area contributed by atoms with Crippen LogP contribution in [0.25, 0.3) is 0 Å². The van der Waals surface area contributed by atoms with E-state index >= 15 is 0 Å². The Hall–Kier alpha value is -0.540. The Morgan fingerprint density at radius 3 is 2.89 bits per heavy atom. The Bertz CT molecular complexity index is 436. The van der Waals surface area contributed by atoms with Crippen molar-refractivity contribution in [2.45, 2.75) is 30.9 Å². The summed E-state index contributed by atoms with van der Waals surface area (Å²) in [6.07, 6.45) is 2.42. The van der Waals surface area contributed by atoms with Crippen molar-refractivity contribution in [3.8, 4) is 0 Å². The summed E-state index contributed by atoms with van der Waals surface area (Å²) in [5.41, 5.74) is 1.22. The third-order valence-electron chi connectivity index (χ3n) is 4.84. The van der Waals surface area contributed by atoms with Crippen LogP contribution in [0.2, 0.25) is 0 Å². The lowest BCUT2D eigenvalue weighted by Crippen LogP contribution is -2.46. The number of halogens is 1. The van der Waals surface area contributed by atoms with Gasteiger partial charge in [0, 0.05) is 17.7 Å². The van der Waals surface area contributed by atoms with E-state index in [9.17, 15) is 4.39 Å². The van der Waals surface area contributed by atoms with E-state index < -0.39 is 0 Å². The predicted octanol–water partition coefficient (Wildman–Crippen LogP) is 3.41. The van der Waals surface area contributed by atoms with Crippen molar-refractivity contribution in [3.05, 3.63) is 35.6 Å². The third-order valence-corrected chi connectivity index (χ3v) is 6.24. The second-order valence-corrected chi connectivity index (χ2v) is 6.97. The van der Waals surface area contributed by atoms with Gasteiger partial charge in [0.15, 0.2) is 0 Å². The van der Waals surface area contributed by atoms with Crippen LogP contribution in [0.5, 0.6) is 0 Å². The van der Waals surface area contributed by atoms with Crippen molar-refractivity contribution in [2.75, 3.05) is 18.8 Å². The molecule has 1 nitrogen and oxygen atoms in total. The normalized spacial score (nSPS) is 36.1. The molecule has 0 saturated carbocycles. The minimum absolute atomic E-state index is 0.0327. The van der Waals surface area contributed by atoms with Gasteiger partial charge in [-0.3, -0.25) is 0 Å². The third kappa shape index (κ3) is 1.88. The molecule has 3 heteroatoms. The number of hydrogen-bond acceptors (Lipinski definition) is 2. The van der Waals surface area contributed by atoms with Gasteiger partial charge in [-0.2, -0.15) is 11.8 Å². The van der Waals surface area contributed by atoms with Gasteiger partial charge in [-0.1, -0.05) is 25.1 Å². The maximum absolute atomic E-state index is 14.1. The molecular weight excluding hydrogens is 245 g/mol. The average Bonchev–Trinajstić information content (AvgIpc) is 2.73. The summed E-state index contributed by atoms with van der Waals surface area (Å²) < 4.78 is 14.1. The lowest BCUT2D eigenvalue weighted by Gasteiger charge is -2.45. The summed E-state index contributed by atoms with van der Waals surface area (Å²) in [5.74, 6) is 1.53. The lowest BCUT2D eigenvalue weighted by molar-refractivity contribution is 0.164. The van der Waals surface area contributed by atoms with Gasteiger partial charge < -0.3 is 5.32 Å². The number of rotatable bonds is 1. The first-order valence-corrected chi connectivity index (χ1v) is 7.86. The van der Waals surface area contributed by atoms with Gasteiger partial charge in [0.2, 0.25) is 0 Å². The topological polar surface area (TPSA) is 12.0 Å². The molecule has 1 aromatic carbocycles. The fraction of sp³-hybridized carbons (Fsp3) is 0.600. The number of hydrogen-bond donors (Lipinski definition) is 1. The summed E-state index contributed by atoms with van der Waals surface area (Å²) >= 11 is 2.06. The van der Waals surface area contributed by atoms with E-state index in [1.165, 1.54) is 18.6 Å². The van der Waals surface area contributed by atoms with Crippen LogP contribution >= 0.6 is 11.8 Å². The number of piperidine rings is 1. The Morgan fingerprint density at radius 2 is 2.17 bits per heavy atom. The number of thioether (sulfide) groups is 1. The van der Waals surface area contributed by atoms with E-state index in [1.54, 1.807) is 12.1 Å². The highest BCUT2D eigenvalue weighted by Gasteiger charge is 2.49. The minimum atomic E-state index is -0.0327. The van der Waals surface area contributed by atoms with Crippen molar-refractivity contribution >= 4 is 11.8 Å². The highest BCUT2D eigenvalue weighted by atomic mass is 32.2. The molecule has 2 fully saturated rings. The Kier molecular flexibility index (Phi) is 3.37. The summed E-state index contributed by atoms with van der Waals surface area (Å²) in [6, 6.07) is 7.33. The molecule has 98 valence electrons. The van der Waals surface area contributed by atoms with E-state index in [1.807, 2.05) is 12.1 Å². The van der Waals surface area contributed by atoms with E-state index in [0.717, 1.165) is 18.7 Å². The molecule has 0 amide bonds. The molecule has 1 aromatic rings. The van der Waals surface area contributed by atoms with Gasteiger partial charge in [0.1, 0.15) is 5.82 Å². The van der Waals surface area contributed by atoms with Crippen LogP contribution in [-0.4, -0.2) is 24.1 Å². The van der Waals surface area contributed by atoms with Crippen molar-refractivity contribution < 1.29 is 4.39 Å². The van der Waals surface area contributed by atoms with Crippen molar-refractivity contribution in [2.24, 2.45) is 5.41 Å². The van der Waals surface area contributed by atoms with Gasteiger partial charge in [-0.25, -0.2) is 4.39 Å². The number of nitrogens with one attached hydrogen (secondary N) is 1. The average molecular weight is 265 g/mol. The molecular formula is C15H20FNS. The Balaban J connectivity index is 2.00. The molecule has 18 heavy (non-hydrogen) atoms. The zero-order chi connectivity index (χ0) is 12.6. The minimum Gasteiger partial charge on any atom is -0.316 e. The first-order valence-electron chi connectivity index (χ1n) is 6.81. The molecule has 2 saturated heterocycles. The van der Waals surface area contributed by atoms with Crippen LogP contribution in [0, 0.1) is 11.2 Å². The maximum Gasteiger partial charge on any atom is 0.126 e. The van der Waals surface area contributed by atoms with E-state index in [-0.39, 0.29) is 5.82 Å². The standard InChI is InChI=1S/C15H20FNS/c1-11-15(7-9-18-11)6-8-17-10-13(15)12-4-2-3-5-14(12)16/h2-5,11,13,17H,6-10H2,1H3. The van der Waals surface area contributed by atoms with Gasteiger partial charge in [-0.15, -0.1) is 0 Å². The van der Waals surface area contributed by atoms with Crippen molar-refractivity contribution in [3.63, 3.8) is 0 Å². The van der Waals surface area contributed by atoms with Crippen LogP contribution in [0.3, 0.4) is 0 Å². The summed E-state index contributed by atoms with van der Waals surface area (Å²) in [7, 11) is 0. The largest absolute Gasteiger partial charge is 0.316 e. The van der Waals surface area contributed by atoms with Gasteiger partial charge >= 0.3 is 0 Å². The van der Waals surface area contributed by atoms with Gasteiger partial charge in [0.25, 0.3) is 0 Å². The summed E-state index contributed by atoms with van der Waals surface area (Å²) in [6.45, 7) is 4.33. The second kappa shape index (κ2) is 4.86. The molecule has 3 rings (SSSR count). The maximum atomic E-state index is 14.1. The number of benzene rings is 1. The lowest BCUT2D eigenvalue weighted by atomic mass is 9.64. The van der Waals surface area contributed by atoms with Crippen molar-refractivity contribution in [1.29, 1.82) is 0 Å². The highest BCUT2D eigenvalue weighted by Crippen LogP contribution is 2.55. The molecule has 1 spiro atoms. The van der Waals surface area contributed by atoms with Crippen molar-refractivity contribution in [1.82, 2.24) is 5.32 Å². The van der Waals surface area contributed by atoms with E-state index in [4.69, 9.17) is 0 Å². The molecule has 0 aromatic heterocycles. The highest BCUT2D eigenvalue weighted by molar-refractivity contribution is 8.00. The van der Waals surface area contributed by atoms with E-state index in [2.05, 4.69) is 24.0 Å². The SMILES string of the molecule is CC1SCCC12CCNCC2c1ccccc1F. The monoisotopic (exact) mass is 265 g/mol. The molecule has 3 atom stereocenters. The molecule has 1 N–H and O–H groups in total. The second-order valence-electron chi connectivity index (χ2n) is 5.52. The van der Waals surface area contributed by atoms with Crippen LogP contribution in [0.15, 0.2) is 24.3 Å². The van der Waals surface area contributed by atoms with E-state index in [0.29, 0.717) is 16.6 Å². The molecule has 2 aliphatic heterocycles. The zero-order valence-electron chi connectivity index (χ0n) is 10.8. The van der Waals surface area contributed by atoms with Crippen LogP contribution in [0.1, 0.15) is 31.2 Å². The first-order chi connectivity index (χ1) is 8.74. The molecule has 0 aliphatic carbocycles. The zero-order valence-corrected chi connectivity index (χ0v) is 11.6. The fourth-order valence-corrected chi connectivity index (χ4v) is 5.29. The van der Waals surface area contributed by atoms with Gasteiger partial charge in [-0.05, 0) is 42.2 Å². The fourth-order valence-electron chi connectivity index (χ4n) is 3.70. The smallest absolute Gasteiger partial charge is 0.126 e. The summed E-state index contributed by atoms with van der Waals surface area (Å²) in [4.78, 5) is 0. The summed E-state index contributed by atoms with van der Waals surface area (Å²) in [5, 5.41) is 4.10. The van der Waals surface area contributed by atoms with Crippen LogP contribution in [-0.2, 0) is 0 Å². The molecule has 2 heterocycles. The molecule has 0 bridgehead atoms. The van der Waals surface area contributed by atoms with Gasteiger partial charge in [0.05, 0.1) is 0 Å². The first kappa shape index (κ1) is 12.5. The predicted molar refractivity (Wildman–Crippen MR) is 75.6 cm³/mol. The molecule has 0 radical (unpaired) electrons.